The first-order chi connectivity index (χ1) is 6.00. The molecule has 0 amide bonds. The smallest absolute Gasteiger partial charge is 0.726 e. The summed E-state index contributed by atoms with van der Waals surface area (Å²) in [5.74, 6) is 0. The van der Waals surface area contributed by atoms with Gasteiger partial charge in [-0.3, -0.25) is 13.7 Å². The third-order valence-electron chi connectivity index (χ3n) is 0. The van der Waals surface area contributed by atoms with Gasteiger partial charge in [-0.1, -0.05) is 0 Å². The molecule has 0 atom stereocenters. The first kappa shape index (κ1) is 25.3. The zero-order valence-electron chi connectivity index (χ0n) is 6.54. The van der Waals surface area contributed by atoms with Gasteiger partial charge >= 0.3 is 22.4 Å². The number of hydrogen-bond donors (Lipinski definition) is 3. The van der Waals surface area contributed by atoms with Crippen LogP contribution in [-0.4, -0.2) is 52.6 Å². The molecule has 0 aromatic rings. The van der Waals surface area contributed by atoms with Gasteiger partial charge in [-0.15, -0.1) is 0 Å². The molecule has 0 radical (unpaired) electrons. The molecule has 0 rings (SSSR count). The summed E-state index contributed by atoms with van der Waals surface area (Å²) in [6, 6.07) is 0. The van der Waals surface area contributed by atoms with E-state index in [9.17, 15) is 0 Å². The molecule has 0 fully saturated rings. The minimum absolute atomic E-state index is 0. The first-order valence-electron chi connectivity index (χ1n) is 2.05. The summed E-state index contributed by atoms with van der Waals surface area (Å²) in [6.45, 7) is 0. The van der Waals surface area contributed by atoms with Crippen LogP contribution in [0.1, 0.15) is 0 Å². The van der Waals surface area contributed by atoms with Crippen LogP contribution in [0.2, 0.25) is 0 Å². The van der Waals surface area contributed by atoms with Crippen LogP contribution in [0.4, 0.5) is 0 Å². The Hall–Kier alpha value is 0.350. The van der Waals surface area contributed by atoms with Crippen molar-refractivity contribution >= 4 is 31.2 Å². The molecule has 0 aromatic heterocycles. The van der Waals surface area contributed by atoms with E-state index in [2.05, 4.69) is 0 Å². The van der Waals surface area contributed by atoms with Crippen molar-refractivity contribution in [1.29, 1.82) is 0 Å². The fourth-order valence-electron chi connectivity index (χ4n) is 0. The molecule has 0 heterocycles. The van der Waals surface area contributed by atoms with E-state index in [0.29, 0.717) is 0 Å². The Kier molecular flexibility index (Phi) is 14.8. The fourth-order valence-corrected chi connectivity index (χ4v) is 0. The van der Waals surface area contributed by atoms with Crippen LogP contribution in [0, 0.1) is 0 Å². The van der Waals surface area contributed by atoms with E-state index in [0.717, 1.165) is 0 Å². The molecular formula is H3AuO12S3. The van der Waals surface area contributed by atoms with E-state index < -0.39 is 31.2 Å². The molecule has 0 aliphatic rings. The van der Waals surface area contributed by atoms with Crippen LogP contribution in [0.3, 0.4) is 0 Å². The van der Waals surface area contributed by atoms with Crippen molar-refractivity contribution in [3.8, 4) is 0 Å². The molecule has 0 aliphatic carbocycles. The normalized spacial score (nSPS) is 10.9. The van der Waals surface area contributed by atoms with E-state index in [-0.39, 0.29) is 22.4 Å². The van der Waals surface area contributed by atoms with Crippen molar-refractivity contribution in [2.45, 2.75) is 0 Å². The largest absolute Gasteiger partial charge is 3.00 e. The Morgan fingerprint density at radius 1 is 0.562 bits per heavy atom. The molecule has 16 heteroatoms. The minimum Gasteiger partial charge on any atom is -0.726 e. The molecule has 0 aromatic carbocycles. The van der Waals surface area contributed by atoms with Crippen LogP contribution in [0.15, 0.2) is 0 Å². The van der Waals surface area contributed by atoms with Gasteiger partial charge in [0, 0.05) is 0 Å². The van der Waals surface area contributed by atoms with Gasteiger partial charge < -0.3 is 13.7 Å². The maximum Gasteiger partial charge on any atom is 3.00 e. The number of rotatable bonds is 0. The third-order valence-corrected chi connectivity index (χ3v) is 0. The Morgan fingerprint density at radius 2 is 0.562 bits per heavy atom. The van der Waals surface area contributed by atoms with Crippen LogP contribution in [0.25, 0.3) is 0 Å². The Bertz CT molecular complexity index is 337. The van der Waals surface area contributed by atoms with E-state index in [4.69, 9.17) is 52.6 Å². The zero-order valence-corrected chi connectivity index (χ0v) is 11.2. The molecule has 104 valence electrons. The summed E-state index contributed by atoms with van der Waals surface area (Å²) in [5, 5.41) is 0. The molecular weight excluding hydrogens is 485 g/mol. The van der Waals surface area contributed by atoms with E-state index >= 15 is 0 Å². The second-order valence-electron chi connectivity index (χ2n) is 1.28. The maximum absolute atomic E-state index is 8.63. The molecule has 0 saturated heterocycles. The quantitative estimate of drug-likeness (QED) is 0.176. The standard InChI is InChI=1S/Au.3H2O4S/c;3*1-5(2,3)4/h;3*(H2,1,2,3,4)/q+3;;;/p-3. The van der Waals surface area contributed by atoms with Gasteiger partial charge in [0.1, 0.15) is 0 Å². The van der Waals surface area contributed by atoms with Gasteiger partial charge in [-0.05, 0) is 0 Å². The SMILES string of the molecule is O=S(=O)([O-])O.O=S(=O)([O-])O.O=S(=O)([O-])O.[Au+3]. The molecule has 0 aliphatic heterocycles. The van der Waals surface area contributed by atoms with E-state index in [1.54, 1.807) is 0 Å². The molecule has 12 nitrogen and oxygen atoms in total. The van der Waals surface area contributed by atoms with Gasteiger partial charge in [-0.25, -0.2) is 25.3 Å². The van der Waals surface area contributed by atoms with Crippen LogP contribution >= 0.6 is 0 Å². The van der Waals surface area contributed by atoms with Crippen molar-refractivity contribution in [2.75, 3.05) is 0 Å². The summed E-state index contributed by atoms with van der Waals surface area (Å²) in [7, 11) is -14.7. The van der Waals surface area contributed by atoms with Gasteiger partial charge in [-0.2, -0.15) is 0 Å². The second-order valence-corrected chi connectivity index (χ2v) is 3.85. The van der Waals surface area contributed by atoms with Gasteiger partial charge in [0.05, 0.1) is 0 Å². The van der Waals surface area contributed by atoms with E-state index in [1.165, 1.54) is 0 Å². The number of hydrogen-bond acceptors (Lipinski definition) is 9. The molecule has 16 heavy (non-hydrogen) atoms. The predicted molar refractivity (Wildman–Crippen MR) is 37.0 cm³/mol. The monoisotopic (exact) mass is 488 g/mol. The molecule has 0 saturated carbocycles. The van der Waals surface area contributed by atoms with Crippen LogP contribution < -0.4 is 0 Å². The summed E-state index contributed by atoms with van der Waals surface area (Å²) >= 11 is 0. The van der Waals surface area contributed by atoms with Crippen molar-refractivity contribution in [3.05, 3.63) is 0 Å². The minimum atomic E-state index is -4.92. The van der Waals surface area contributed by atoms with Crippen molar-refractivity contribution in [2.24, 2.45) is 0 Å². The fraction of sp³-hybridized carbons (Fsp3) is 0. The average Bonchev–Trinajstić information content (AvgIpc) is 1.41. The zero-order chi connectivity index (χ0) is 13.5. The topological polar surface area (TPSA) is 232 Å². The maximum atomic E-state index is 8.63. The van der Waals surface area contributed by atoms with E-state index in [1.807, 2.05) is 0 Å². The van der Waals surface area contributed by atoms with Crippen LogP contribution in [-0.2, 0) is 53.6 Å². The average molecular weight is 488 g/mol. The predicted octanol–water partition coefficient (Wildman–Crippen LogP) is -2.99. The third kappa shape index (κ3) is 20800. The molecule has 3 N–H and O–H groups in total. The summed E-state index contributed by atoms with van der Waals surface area (Å²) in [6.07, 6.45) is 0. The van der Waals surface area contributed by atoms with Gasteiger partial charge in [0.25, 0.3) is 0 Å². The summed E-state index contributed by atoms with van der Waals surface area (Å²) < 4.78 is 98.5. The molecule has 0 bridgehead atoms. The summed E-state index contributed by atoms with van der Waals surface area (Å²) in [5.41, 5.74) is 0. The first-order valence-corrected chi connectivity index (χ1v) is 6.14. The Balaban J connectivity index is -0.0000000655. The Labute approximate surface area is 106 Å². The summed E-state index contributed by atoms with van der Waals surface area (Å²) in [4.78, 5) is 0. The van der Waals surface area contributed by atoms with Crippen molar-refractivity contribution in [3.63, 3.8) is 0 Å². The second kappa shape index (κ2) is 9.39. The van der Waals surface area contributed by atoms with Crippen LogP contribution in [0.5, 0.6) is 0 Å². The van der Waals surface area contributed by atoms with Crippen molar-refractivity contribution in [1.82, 2.24) is 0 Å². The molecule has 0 unspecified atom stereocenters. The van der Waals surface area contributed by atoms with Gasteiger partial charge in [0.15, 0.2) is 0 Å². The van der Waals surface area contributed by atoms with Crippen molar-refractivity contribution < 1.29 is 75.0 Å². The Morgan fingerprint density at radius 3 is 0.562 bits per heavy atom. The van der Waals surface area contributed by atoms with Gasteiger partial charge in [0.2, 0.25) is 31.2 Å². The molecule has 0 spiro atoms.